The van der Waals surface area contributed by atoms with Crippen molar-refractivity contribution in [2.75, 3.05) is 25.0 Å². The van der Waals surface area contributed by atoms with Crippen molar-refractivity contribution < 1.29 is 8.42 Å². The molecule has 1 aromatic carbocycles. The highest BCUT2D eigenvalue weighted by Gasteiger charge is 2.14. The summed E-state index contributed by atoms with van der Waals surface area (Å²) in [7, 11) is -1.21. The molecule has 0 amide bonds. The molecular weight excluding hydrogens is 236 g/mol. The maximum Gasteiger partial charge on any atom is 0.213 e. The molecule has 0 aliphatic rings. The molecule has 0 aliphatic carbocycles. The standard InChI is InChI=1S/C12H20N2O2S/c1-11(2)17(15,16)13-9-10-14(3)12-7-5-4-6-8-12/h4-8,11,13H,9-10H2,1-3H3. The van der Waals surface area contributed by atoms with Crippen LogP contribution in [0, 0.1) is 0 Å². The predicted molar refractivity (Wildman–Crippen MR) is 71.8 cm³/mol. The van der Waals surface area contributed by atoms with Crippen LogP contribution in [-0.2, 0) is 10.0 Å². The largest absolute Gasteiger partial charge is 0.373 e. The first-order valence-electron chi connectivity index (χ1n) is 5.68. The van der Waals surface area contributed by atoms with Crippen LogP contribution in [0.4, 0.5) is 5.69 Å². The maximum absolute atomic E-state index is 11.5. The Labute approximate surface area is 104 Å². The second-order valence-electron chi connectivity index (χ2n) is 4.25. The molecule has 1 aromatic rings. The minimum Gasteiger partial charge on any atom is -0.373 e. The van der Waals surface area contributed by atoms with Gasteiger partial charge < -0.3 is 4.90 Å². The smallest absolute Gasteiger partial charge is 0.213 e. The van der Waals surface area contributed by atoms with Gasteiger partial charge in [-0.3, -0.25) is 0 Å². The number of nitrogens with one attached hydrogen (secondary N) is 1. The Balaban J connectivity index is 2.43. The lowest BCUT2D eigenvalue weighted by molar-refractivity contribution is 0.572. The molecule has 0 spiro atoms. The van der Waals surface area contributed by atoms with E-state index >= 15 is 0 Å². The van der Waals surface area contributed by atoms with Crippen molar-refractivity contribution in [3.8, 4) is 0 Å². The average molecular weight is 256 g/mol. The zero-order valence-corrected chi connectivity index (χ0v) is 11.4. The second-order valence-corrected chi connectivity index (χ2v) is 6.57. The average Bonchev–Trinajstić information content (AvgIpc) is 2.29. The number of benzene rings is 1. The van der Waals surface area contributed by atoms with Gasteiger partial charge in [-0.1, -0.05) is 18.2 Å². The molecule has 0 fully saturated rings. The van der Waals surface area contributed by atoms with Crippen LogP contribution in [0.2, 0.25) is 0 Å². The van der Waals surface area contributed by atoms with Gasteiger partial charge in [0.1, 0.15) is 0 Å². The molecule has 0 bridgehead atoms. The third-order valence-electron chi connectivity index (χ3n) is 2.57. The first kappa shape index (κ1) is 14.0. The van der Waals surface area contributed by atoms with Gasteiger partial charge in [-0.25, -0.2) is 13.1 Å². The van der Waals surface area contributed by atoms with Crippen LogP contribution in [0.15, 0.2) is 30.3 Å². The quantitative estimate of drug-likeness (QED) is 0.838. The highest BCUT2D eigenvalue weighted by atomic mass is 32.2. The summed E-state index contributed by atoms with van der Waals surface area (Å²) in [5.74, 6) is 0. The van der Waals surface area contributed by atoms with Crippen molar-refractivity contribution in [2.45, 2.75) is 19.1 Å². The summed E-state index contributed by atoms with van der Waals surface area (Å²) in [5.41, 5.74) is 1.08. The minimum atomic E-state index is -3.15. The van der Waals surface area contributed by atoms with Crippen LogP contribution in [-0.4, -0.2) is 33.8 Å². The number of sulfonamides is 1. The van der Waals surface area contributed by atoms with Crippen LogP contribution in [0.3, 0.4) is 0 Å². The van der Waals surface area contributed by atoms with E-state index in [0.717, 1.165) is 5.69 Å². The van der Waals surface area contributed by atoms with Gasteiger partial charge in [-0.05, 0) is 26.0 Å². The first-order chi connectivity index (χ1) is 7.93. The number of hydrogen-bond donors (Lipinski definition) is 1. The SMILES string of the molecule is CC(C)S(=O)(=O)NCCN(C)c1ccccc1. The van der Waals surface area contributed by atoms with E-state index in [0.29, 0.717) is 13.1 Å². The molecule has 0 saturated carbocycles. The van der Waals surface area contributed by atoms with Gasteiger partial charge in [-0.2, -0.15) is 0 Å². The molecule has 5 heteroatoms. The van der Waals surface area contributed by atoms with E-state index in [9.17, 15) is 8.42 Å². The topological polar surface area (TPSA) is 49.4 Å². The highest BCUT2D eigenvalue weighted by Crippen LogP contribution is 2.09. The van der Waals surface area contributed by atoms with Crippen molar-refractivity contribution >= 4 is 15.7 Å². The van der Waals surface area contributed by atoms with E-state index in [1.165, 1.54) is 0 Å². The van der Waals surface area contributed by atoms with Crippen molar-refractivity contribution in [2.24, 2.45) is 0 Å². The van der Waals surface area contributed by atoms with Crippen LogP contribution >= 0.6 is 0 Å². The molecule has 4 nitrogen and oxygen atoms in total. The Morgan fingerprint density at radius 2 is 1.82 bits per heavy atom. The minimum absolute atomic E-state index is 0.385. The Morgan fingerprint density at radius 3 is 2.35 bits per heavy atom. The summed E-state index contributed by atoms with van der Waals surface area (Å²) in [6, 6.07) is 9.88. The number of para-hydroxylation sites is 1. The summed E-state index contributed by atoms with van der Waals surface area (Å²) < 4.78 is 25.6. The lowest BCUT2D eigenvalue weighted by Gasteiger charge is -2.19. The van der Waals surface area contributed by atoms with Gasteiger partial charge in [0, 0.05) is 25.8 Å². The predicted octanol–water partition coefficient (Wildman–Crippen LogP) is 1.45. The van der Waals surface area contributed by atoms with E-state index in [1.54, 1.807) is 13.8 Å². The Bertz CT molecular complexity index is 429. The van der Waals surface area contributed by atoms with Gasteiger partial charge >= 0.3 is 0 Å². The lowest BCUT2D eigenvalue weighted by Crippen LogP contribution is -2.36. The molecule has 96 valence electrons. The van der Waals surface area contributed by atoms with Crippen molar-refractivity contribution in [1.82, 2.24) is 4.72 Å². The lowest BCUT2D eigenvalue weighted by atomic mass is 10.3. The number of likely N-dealkylation sites (N-methyl/N-ethyl adjacent to an activating group) is 1. The summed E-state index contributed by atoms with van der Waals surface area (Å²) in [6.45, 7) is 4.41. The second kappa shape index (κ2) is 6.02. The molecule has 17 heavy (non-hydrogen) atoms. The van der Waals surface area contributed by atoms with E-state index in [4.69, 9.17) is 0 Å². The summed E-state index contributed by atoms with van der Waals surface area (Å²) in [5, 5.41) is -0.385. The Kier molecular flexibility index (Phi) is 4.96. The summed E-state index contributed by atoms with van der Waals surface area (Å²) >= 11 is 0. The summed E-state index contributed by atoms with van der Waals surface area (Å²) in [6.07, 6.45) is 0. The number of hydrogen-bond acceptors (Lipinski definition) is 3. The van der Waals surface area contributed by atoms with Crippen molar-refractivity contribution in [3.05, 3.63) is 30.3 Å². The molecule has 0 aliphatic heterocycles. The van der Waals surface area contributed by atoms with Crippen LogP contribution in [0.5, 0.6) is 0 Å². The molecule has 0 aromatic heterocycles. The first-order valence-corrected chi connectivity index (χ1v) is 7.23. The van der Waals surface area contributed by atoms with Crippen LogP contribution in [0.25, 0.3) is 0 Å². The Hall–Kier alpha value is -1.07. The number of anilines is 1. The molecule has 0 atom stereocenters. The van der Waals surface area contributed by atoms with E-state index in [-0.39, 0.29) is 5.25 Å². The fourth-order valence-corrected chi connectivity index (χ4v) is 2.04. The van der Waals surface area contributed by atoms with Crippen LogP contribution < -0.4 is 9.62 Å². The molecule has 0 unspecified atom stereocenters. The van der Waals surface area contributed by atoms with Crippen molar-refractivity contribution in [3.63, 3.8) is 0 Å². The van der Waals surface area contributed by atoms with Gasteiger partial charge in [0.25, 0.3) is 0 Å². The monoisotopic (exact) mass is 256 g/mol. The molecule has 1 rings (SSSR count). The fourth-order valence-electron chi connectivity index (χ4n) is 1.33. The van der Waals surface area contributed by atoms with Crippen molar-refractivity contribution in [1.29, 1.82) is 0 Å². The van der Waals surface area contributed by atoms with Gasteiger partial charge in [-0.15, -0.1) is 0 Å². The third kappa shape index (κ3) is 4.36. The number of nitrogens with zero attached hydrogens (tertiary/aromatic N) is 1. The van der Waals surface area contributed by atoms with Gasteiger partial charge in [0.05, 0.1) is 5.25 Å². The van der Waals surface area contributed by atoms with Gasteiger partial charge in [0.2, 0.25) is 10.0 Å². The maximum atomic E-state index is 11.5. The summed E-state index contributed by atoms with van der Waals surface area (Å²) in [4.78, 5) is 2.02. The molecule has 1 N–H and O–H groups in total. The molecular formula is C12H20N2O2S. The highest BCUT2D eigenvalue weighted by molar-refractivity contribution is 7.90. The molecule has 0 heterocycles. The normalized spacial score (nSPS) is 11.8. The van der Waals surface area contributed by atoms with E-state index < -0.39 is 10.0 Å². The Morgan fingerprint density at radius 1 is 1.24 bits per heavy atom. The van der Waals surface area contributed by atoms with E-state index in [1.807, 2.05) is 42.3 Å². The zero-order valence-electron chi connectivity index (χ0n) is 10.6. The molecule has 0 radical (unpaired) electrons. The zero-order chi connectivity index (χ0) is 12.9. The van der Waals surface area contributed by atoms with E-state index in [2.05, 4.69) is 4.72 Å². The number of rotatable bonds is 6. The van der Waals surface area contributed by atoms with Gasteiger partial charge in [0.15, 0.2) is 0 Å². The fraction of sp³-hybridized carbons (Fsp3) is 0.500. The molecule has 0 saturated heterocycles. The third-order valence-corrected chi connectivity index (χ3v) is 4.42. The van der Waals surface area contributed by atoms with Crippen LogP contribution in [0.1, 0.15) is 13.8 Å².